The standard InChI is InChI=1S/C17H24N2O2/c1-5-17(4)15(21)19(16(2,3)14(20)18-17)12-11-13-9-7-6-8-10-13/h6-10H,5,11-12H2,1-4H3,(H,18,20). The summed E-state index contributed by atoms with van der Waals surface area (Å²) in [6.07, 6.45) is 1.35. The number of carbonyl (C=O) groups is 2. The van der Waals surface area contributed by atoms with Crippen LogP contribution in [-0.4, -0.2) is 34.3 Å². The highest BCUT2D eigenvalue weighted by atomic mass is 16.2. The Morgan fingerprint density at radius 1 is 1.10 bits per heavy atom. The van der Waals surface area contributed by atoms with E-state index in [1.165, 1.54) is 5.56 Å². The molecule has 4 heteroatoms. The van der Waals surface area contributed by atoms with E-state index in [1.807, 2.05) is 37.3 Å². The van der Waals surface area contributed by atoms with Gasteiger partial charge in [-0.3, -0.25) is 9.59 Å². The molecule has 2 rings (SSSR count). The summed E-state index contributed by atoms with van der Waals surface area (Å²) in [4.78, 5) is 26.8. The molecule has 4 nitrogen and oxygen atoms in total. The van der Waals surface area contributed by atoms with Gasteiger partial charge in [-0.1, -0.05) is 37.3 Å². The number of nitrogens with one attached hydrogen (secondary N) is 1. The van der Waals surface area contributed by atoms with E-state index >= 15 is 0 Å². The van der Waals surface area contributed by atoms with Crippen molar-refractivity contribution >= 4 is 11.8 Å². The molecule has 1 unspecified atom stereocenters. The van der Waals surface area contributed by atoms with Crippen molar-refractivity contribution in [2.24, 2.45) is 0 Å². The Morgan fingerprint density at radius 2 is 1.71 bits per heavy atom. The monoisotopic (exact) mass is 288 g/mol. The molecule has 1 aromatic rings. The second-order valence-electron chi connectivity index (χ2n) is 6.39. The van der Waals surface area contributed by atoms with Gasteiger partial charge in [0.25, 0.3) is 0 Å². The molecule has 0 aromatic heterocycles. The lowest BCUT2D eigenvalue weighted by molar-refractivity contribution is -0.160. The Hall–Kier alpha value is -1.84. The molecule has 1 aliphatic heterocycles. The van der Waals surface area contributed by atoms with Crippen LogP contribution in [0.25, 0.3) is 0 Å². The van der Waals surface area contributed by atoms with Gasteiger partial charge in [0.15, 0.2) is 0 Å². The topological polar surface area (TPSA) is 49.4 Å². The predicted octanol–water partition coefficient (Wildman–Crippen LogP) is 2.13. The van der Waals surface area contributed by atoms with Gasteiger partial charge in [0.05, 0.1) is 0 Å². The highest BCUT2D eigenvalue weighted by molar-refractivity contribution is 6.01. The highest BCUT2D eigenvalue weighted by Crippen LogP contribution is 2.28. The Kier molecular flexibility index (Phi) is 4.08. The maximum Gasteiger partial charge on any atom is 0.248 e. The normalized spacial score (nSPS) is 24.9. The fraction of sp³-hybridized carbons (Fsp3) is 0.529. The molecule has 0 radical (unpaired) electrons. The number of carbonyl (C=O) groups excluding carboxylic acids is 2. The fourth-order valence-corrected chi connectivity index (χ4v) is 2.64. The number of rotatable bonds is 4. The summed E-state index contributed by atoms with van der Waals surface area (Å²) in [5.41, 5.74) is -0.422. The first-order valence-corrected chi connectivity index (χ1v) is 7.50. The van der Waals surface area contributed by atoms with Crippen molar-refractivity contribution in [2.75, 3.05) is 6.54 Å². The zero-order valence-electron chi connectivity index (χ0n) is 13.3. The van der Waals surface area contributed by atoms with Crippen LogP contribution in [0.5, 0.6) is 0 Å². The van der Waals surface area contributed by atoms with Gasteiger partial charge in [-0.05, 0) is 39.2 Å². The van der Waals surface area contributed by atoms with E-state index in [4.69, 9.17) is 0 Å². The van der Waals surface area contributed by atoms with E-state index in [9.17, 15) is 9.59 Å². The van der Waals surface area contributed by atoms with Gasteiger partial charge in [0, 0.05) is 6.54 Å². The van der Waals surface area contributed by atoms with Crippen molar-refractivity contribution in [3.05, 3.63) is 35.9 Å². The molecule has 0 bridgehead atoms. The van der Waals surface area contributed by atoms with Crippen LogP contribution in [0.15, 0.2) is 30.3 Å². The van der Waals surface area contributed by atoms with E-state index in [0.717, 1.165) is 6.42 Å². The van der Waals surface area contributed by atoms with Gasteiger partial charge in [-0.2, -0.15) is 0 Å². The van der Waals surface area contributed by atoms with Gasteiger partial charge in [-0.25, -0.2) is 0 Å². The first-order chi connectivity index (χ1) is 9.81. The van der Waals surface area contributed by atoms with Crippen LogP contribution in [0.3, 0.4) is 0 Å². The van der Waals surface area contributed by atoms with Crippen LogP contribution in [0, 0.1) is 0 Å². The Labute approximate surface area is 126 Å². The minimum atomic E-state index is -0.805. The van der Waals surface area contributed by atoms with Gasteiger partial charge in [-0.15, -0.1) is 0 Å². The minimum absolute atomic E-state index is 0.00512. The third-order valence-corrected chi connectivity index (χ3v) is 4.51. The van der Waals surface area contributed by atoms with Crippen LogP contribution < -0.4 is 5.32 Å². The number of nitrogens with zero attached hydrogens (tertiary/aromatic N) is 1. The quantitative estimate of drug-likeness (QED) is 0.922. The molecule has 0 saturated carbocycles. The van der Waals surface area contributed by atoms with Crippen LogP contribution in [0.4, 0.5) is 0 Å². The molecule has 1 aromatic carbocycles. The van der Waals surface area contributed by atoms with Gasteiger partial charge in [0.1, 0.15) is 11.1 Å². The second kappa shape index (κ2) is 5.51. The summed E-state index contributed by atoms with van der Waals surface area (Å²) in [5, 5.41) is 2.88. The summed E-state index contributed by atoms with van der Waals surface area (Å²) in [5.74, 6) is -0.0787. The van der Waals surface area contributed by atoms with E-state index in [1.54, 1.807) is 25.7 Å². The molecule has 1 saturated heterocycles. The number of hydrogen-bond donors (Lipinski definition) is 1. The summed E-state index contributed by atoms with van der Waals surface area (Å²) in [6, 6.07) is 10.0. The third kappa shape index (κ3) is 2.80. The fourth-order valence-electron chi connectivity index (χ4n) is 2.64. The molecular weight excluding hydrogens is 264 g/mol. The predicted molar refractivity (Wildman–Crippen MR) is 82.8 cm³/mol. The zero-order chi connectivity index (χ0) is 15.7. The highest BCUT2D eigenvalue weighted by Gasteiger charge is 2.51. The van der Waals surface area contributed by atoms with Crippen LogP contribution in [-0.2, 0) is 16.0 Å². The van der Waals surface area contributed by atoms with Crippen molar-refractivity contribution < 1.29 is 9.59 Å². The largest absolute Gasteiger partial charge is 0.340 e. The molecule has 2 amide bonds. The SMILES string of the molecule is CCC1(C)NC(=O)C(C)(C)N(CCc2ccccc2)C1=O. The van der Waals surface area contributed by atoms with E-state index in [0.29, 0.717) is 13.0 Å². The van der Waals surface area contributed by atoms with Crippen LogP contribution >= 0.6 is 0 Å². The van der Waals surface area contributed by atoms with E-state index in [-0.39, 0.29) is 11.8 Å². The van der Waals surface area contributed by atoms with E-state index < -0.39 is 11.1 Å². The van der Waals surface area contributed by atoms with Gasteiger partial charge >= 0.3 is 0 Å². The zero-order valence-corrected chi connectivity index (χ0v) is 13.3. The Balaban J connectivity index is 2.21. The average molecular weight is 288 g/mol. The number of hydrogen-bond acceptors (Lipinski definition) is 2. The number of piperazine rings is 1. The Morgan fingerprint density at radius 3 is 2.29 bits per heavy atom. The van der Waals surface area contributed by atoms with Crippen molar-refractivity contribution in [3.63, 3.8) is 0 Å². The van der Waals surface area contributed by atoms with Crippen molar-refractivity contribution in [2.45, 2.75) is 51.6 Å². The lowest BCUT2D eigenvalue weighted by atomic mass is 9.86. The summed E-state index contributed by atoms with van der Waals surface area (Å²) >= 11 is 0. The molecular formula is C17H24N2O2. The molecule has 1 aliphatic rings. The molecule has 1 heterocycles. The first-order valence-electron chi connectivity index (χ1n) is 7.50. The van der Waals surface area contributed by atoms with Crippen molar-refractivity contribution in [1.29, 1.82) is 0 Å². The van der Waals surface area contributed by atoms with Crippen molar-refractivity contribution in [3.8, 4) is 0 Å². The molecule has 1 N–H and O–H groups in total. The van der Waals surface area contributed by atoms with Crippen LogP contribution in [0.1, 0.15) is 39.7 Å². The summed E-state index contributed by atoms with van der Waals surface area (Å²) in [7, 11) is 0. The second-order valence-corrected chi connectivity index (χ2v) is 6.39. The third-order valence-electron chi connectivity index (χ3n) is 4.51. The number of benzene rings is 1. The summed E-state index contributed by atoms with van der Waals surface area (Å²) in [6.45, 7) is 7.89. The molecule has 1 fully saturated rings. The van der Waals surface area contributed by atoms with Gasteiger partial charge < -0.3 is 10.2 Å². The lowest BCUT2D eigenvalue weighted by Crippen LogP contribution is -2.73. The van der Waals surface area contributed by atoms with Gasteiger partial charge in [0.2, 0.25) is 11.8 Å². The van der Waals surface area contributed by atoms with Crippen molar-refractivity contribution in [1.82, 2.24) is 10.2 Å². The van der Waals surface area contributed by atoms with E-state index in [2.05, 4.69) is 5.32 Å². The first kappa shape index (κ1) is 15.5. The maximum absolute atomic E-state index is 12.8. The minimum Gasteiger partial charge on any atom is -0.340 e. The molecule has 0 spiro atoms. The molecule has 1 atom stereocenters. The maximum atomic E-state index is 12.8. The molecule has 0 aliphatic carbocycles. The smallest absolute Gasteiger partial charge is 0.248 e. The lowest BCUT2D eigenvalue weighted by Gasteiger charge is -2.48. The molecule has 114 valence electrons. The number of amides is 2. The average Bonchev–Trinajstić information content (AvgIpc) is 2.46. The molecule has 21 heavy (non-hydrogen) atoms. The summed E-state index contributed by atoms with van der Waals surface area (Å²) < 4.78 is 0. The Bertz CT molecular complexity index is 539. The van der Waals surface area contributed by atoms with Crippen LogP contribution in [0.2, 0.25) is 0 Å².